The van der Waals surface area contributed by atoms with E-state index >= 15 is 0 Å². The number of primary sulfonamides is 1. The molecule has 0 saturated heterocycles. The van der Waals surface area contributed by atoms with Crippen molar-refractivity contribution in [3.63, 3.8) is 0 Å². The smallest absolute Gasteiger partial charge is 0.224 e. The maximum absolute atomic E-state index is 10.9. The lowest BCUT2D eigenvalue weighted by Crippen LogP contribution is -2.15. The van der Waals surface area contributed by atoms with Gasteiger partial charge in [0.2, 0.25) is 0 Å². The largest absolute Gasteiger partial charge is 0.273 e. The third kappa shape index (κ3) is 1.53. The summed E-state index contributed by atoms with van der Waals surface area (Å²) < 4.78 is 22.5. The van der Waals surface area contributed by atoms with Crippen LogP contribution in [0.2, 0.25) is 0 Å². The molecule has 0 aromatic carbocycles. The fourth-order valence-corrected chi connectivity index (χ4v) is 2.00. The van der Waals surface area contributed by atoms with Gasteiger partial charge in [0.05, 0.1) is 10.2 Å². The van der Waals surface area contributed by atoms with E-state index in [1.54, 1.807) is 6.07 Å². The van der Waals surface area contributed by atoms with Crippen molar-refractivity contribution in [3.8, 4) is 0 Å². The first kappa shape index (κ1) is 8.54. The highest BCUT2D eigenvalue weighted by Crippen LogP contribution is 2.17. The summed E-state index contributed by atoms with van der Waals surface area (Å²) in [6, 6.07) is 1.72. The Labute approximate surface area is 78.3 Å². The van der Waals surface area contributed by atoms with Gasteiger partial charge in [-0.15, -0.1) is 11.3 Å². The highest BCUT2D eigenvalue weighted by Gasteiger charge is 2.11. The molecular weight excluding hydrogens is 210 g/mol. The zero-order valence-corrected chi connectivity index (χ0v) is 7.97. The number of thiophene rings is 1. The number of hydrogen-bond acceptors (Lipinski definition) is 5. The van der Waals surface area contributed by atoms with Gasteiger partial charge in [-0.3, -0.25) is 0 Å². The van der Waals surface area contributed by atoms with Gasteiger partial charge in [0.25, 0.3) is 15.2 Å². The quantitative estimate of drug-likeness (QED) is 0.695. The van der Waals surface area contributed by atoms with Crippen LogP contribution in [0.3, 0.4) is 0 Å². The van der Waals surface area contributed by atoms with E-state index in [0.29, 0.717) is 5.52 Å². The normalized spacial score (nSPS) is 12.1. The molecule has 68 valence electrons. The summed E-state index contributed by atoms with van der Waals surface area (Å²) in [6.45, 7) is 0. The van der Waals surface area contributed by atoms with E-state index < -0.39 is 10.0 Å². The van der Waals surface area contributed by atoms with Gasteiger partial charge >= 0.3 is 0 Å². The average Bonchev–Trinajstić information content (AvgIpc) is 2.47. The van der Waals surface area contributed by atoms with E-state index in [-0.39, 0.29) is 5.16 Å². The number of fused-ring (bicyclic) bond motifs is 1. The summed E-state index contributed by atoms with van der Waals surface area (Å²) in [5.74, 6) is 0. The fraction of sp³-hybridized carbons (Fsp3) is 0. The molecule has 0 aliphatic heterocycles. The van der Waals surface area contributed by atoms with Gasteiger partial charge in [-0.1, -0.05) is 0 Å². The van der Waals surface area contributed by atoms with Crippen LogP contribution in [0.15, 0.2) is 22.8 Å². The molecule has 0 aliphatic rings. The standard InChI is InChI=1S/C6H5N3O2S2/c7-13(10,11)6-8-3-5-4(9-6)1-2-12-5/h1-3H,(H2,7,10,11). The van der Waals surface area contributed by atoms with Crippen LogP contribution in [0.25, 0.3) is 10.2 Å². The summed E-state index contributed by atoms with van der Waals surface area (Å²) in [5.41, 5.74) is 0.601. The SMILES string of the molecule is NS(=O)(=O)c1ncc2sccc2n1. The lowest BCUT2D eigenvalue weighted by Gasteiger charge is -1.94. The van der Waals surface area contributed by atoms with Crippen molar-refractivity contribution < 1.29 is 8.42 Å². The van der Waals surface area contributed by atoms with Gasteiger partial charge < -0.3 is 0 Å². The van der Waals surface area contributed by atoms with Crippen molar-refractivity contribution in [2.75, 3.05) is 0 Å². The van der Waals surface area contributed by atoms with Crippen molar-refractivity contribution in [2.24, 2.45) is 5.14 Å². The van der Waals surface area contributed by atoms with Gasteiger partial charge in [-0.2, -0.15) is 0 Å². The van der Waals surface area contributed by atoms with Gasteiger partial charge in [0.15, 0.2) is 0 Å². The Morgan fingerprint density at radius 1 is 1.46 bits per heavy atom. The van der Waals surface area contributed by atoms with Crippen LogP contribution in [-0.4, -0.2) is 18.4 Å². The molecule has 0 atom stereocenters. The predicted molar refractivity (Wildman–Crippen MR) is 48.8 cm³/mol. The minimum atomic E-state index is -3.79. The first-order valence-electron chi connectivity index (χ1n) is 3.30. The molecule has 13 heavy (non-hydrogen) atoms. The number of aromatic nitrogens is 2. The molecule has 7 heteroatoms. The number of sulfonamides is 1. The third-order valence-corrected chi connectivity index (χ3v) is 2.98. The number of rotatable bonds is 1. The molecule has 0 bridgehead atoms. The van der Waals surface area contributed by atoms with Crippen LogP contribution >= 0.6 is 11.3 Å². The minimum Gasteiger partial charge on any atom is -0.224 e. The van der Waals surface area contributed by atoms with Gasteiger partial charge in [-0.05, 0) is 11.4 Å². The number of hydrogen-bond donors (Lipinski definition) is 1. The van der Waals surface area contributed by atoms with Crippen molar-refractivity contribution >= 4 is 31.6 Å². The van der Waals surface area contributed by atoms with Crippen LogP contribution in [0.5, 0.6) is 0 Å². The molecule has 2 aromatic rings. The van der Waals surface area contributed by atoms with Gasteiger partial charge in [0, 0.05) is 6.20 Å². The van der Waals surface area contributed by atoms with Gasteiger partial charge in [0.1, 0.15) is 0 Å². The molecule has 0 spiro atoms. The lowest BCUT2D eigenvalue weighted by atomic mass is 10.5. The van der Waals surface area contributed by atoms with E-state index in [0.717, 1.165) is 4.70 Å². The van der Waals surface area contributed by atoms with E-state index in [4.69, 9.17) is 5.14 Å². The zero-order chi connectivity index (χ0) is 9.47. The molecule has 2 N–H and O–H groups in total. The first-order valence-corrected chi connectivity index (χ1v) is 5.73. The summed E-state index contributed by atoms with van der Waals surface area (Å²) in [5, 5.41) is 6.34. The predicted octanol–water partition coefficient (Wildman–Crippen LogP) is 0.339. The van der Waals surface area contributed by atoms with Crippen molar-refractivity contribution in [1.29, 1.82) is 0 Å². The van der Waals surface area contributed by atoms with E-state index in [1.165, 1.54) is 17.5 Å². The van der Waals surface area contributed by atoms with E-state index in [1.807, 2.05) is 5.38 Å². The summed E-state index contributed by atoms with van der Waals surface area (Å²) >= 11 is 1.45. The van der Waals surface area contributed by atoms with Crippen LogP contribution in [0, 0.1) is 0 Å². The van der Waals surface area contributed by atoms with Crippen LogP contribution < -0.4 is 5.14 Å². The van der Waals surface area contributed by atoms with E-state index in [9.17, 15) is 8.42 Å². The number of nitrogens with two attached hydrogens (primary N) is 1. The third-order valence-electron chi connectivity index (χ3n) is 1.44. The molecule has 2 rings (SSSR count). The second kappa shape index (κ2) is 2.72. The minimum absolute atomic E-state index is 0.335. The molecule has 5 nitrogen and oxygen atoms in total. The molecule has 0 amide bonds. The summed E-state index contributed by atoms with van der Waals surface area (Å²) in [4.78, 5) is 7.43. The van der Waals surface area contributed by atoms with Crippen molar-refractivity contribution in [3.05, 3.63) is 17.6 Å². The second-order valence-corrected chi connectivity index (χ2v) is 4.77. The highest BCUT2D eigenvalue weighted by molar-refractivity contribution is 7.89. The molecule has 2 heterocycles. The topological polar surface area (TPSA) is 85.9 Å². The van der Waals surface area contributed by atoms with Crippen LogP contribution in [0.4, 0.5) is 0 Å². The Bertz CT molecular complexity index is 546. The molecule has 0 fully saturated rings. The van der Waals surface area contributed by atoms with Crippen LogP contribution in [0.1, 0.15) is 0 Å². The monoisotopic (exact) mass is 215 g/mol. The summed E-state index contributed by atoms with van der Waals surface area (Å²) in [6.07, 6.45) is 1.45. The van der Waals surface area contributed by atoms with Crippen molar-refractivity contribution in [1.82, 2.24) is 9.97 Å². The Morgan fingerprint density at radius 3 is 2.92 bits per heavy atom. The Morgan fingerprint density at radius 2 is 2.23 bits per heavy atom. The maximum Gasteiger partial charge on any atom is 0.273 e. The van der Waals surface area contributed by atoms with Crippen LogP contribution in [-0.2, 0) is 10.0 Å². The Hall–Kier alpha value is -1.05. The van der Waals surface area contributed by atoms with Gasteiger partial charge in [-0.25, -0.2) is 23.5 Å². The van der Waals surface area contributed by atoms with Crippen molar-refractivity contribution in [2.45, 2.75) is 5.16 Å². The average molecular weight is 215 g/mol. The second-order valence-electron chi connectivity index (χ2n) is 2.37. The first-order chi connectivity index (χ1) is 6.07. The molecule has 0 saturated carbocycles. The van der Waals surface area contributed by atoms with E-state index in [2.05, 4.69) is 9.97 Å². The molecule has 2 aromatic heterocycles. The zero-order valence-electron chi connectivity index (χ0n) is 6.34. The number of nitrogens with zero attached hydrogens (tertiary/aromatic N) is 2. The Kier molecular flexibility index (Phi) is 1.79. The molecular formula is C6H5N3O2S2. The highest BCUT2D eigenvalue weighted by atomic mass is 32.2. The fourth-order valence-electron chi connectivity index (χ4n) is 0.886. The molecule has 0 aliphatic carbocycles. The maximum atomic E-state index is 10.9. The summed E-state index contributed by atoms with van der Waals surface area (Å²) in [7, 11) is -3.79. The lowest BCUT2D eigenvalue weighted by molar-refractivity contribution is 0.589. The molecule has 0 unspecified atom stereocenters. The Balaban J connectivity index is 2.75. The molecule has 0 radical (unpaired) electrons.